The molecule has 1 aromatic rings. The van der Waals surface area contributed by atoms with Crippen molar-refractivity contribution in [3.63, 3.8) is 0 Å². The molecule has 0 spiro atoms. The van der Waals surface area contributed by atoms with Crippen LogP contribution in [0, 0.1) is 6.92 Å². The van der Waals surface area contributed by atoms with Gasteiger partial charge in [0.2, 0.25) is 0 Å². The highest BCUT2D eigenvalue weighted by molar-refractivity contribution is 5.28. The SMILES string of the molecule is CCN(CC)C(C)c1ccccc1C. The molecule has 0 aliphatic carbocycles. The lowest BCUT2D eigenvalue weighted by Crippen LogP contribution is -2.26. The van der Waals surface area contributed by atoms with Gasteiger partial charge in [-0.25, -0.2) is 0 Å². The van der Waals surface area contributed by atoms with Gasteiger partial charge in [-0.1, -0.05) is 38.1 Å². The molecule has 0 saturated heterocycles. The van der Waals surface area contributed by atoms with E-state index in [4.69, 9.17) is 0 Å². The van der Waals surface area contributed by atoms with Crippen molar-refractivity contribution in [2.24, 2.45) is 0 Å². The summed E-state index contributed by atoms with van der Waals surface area (Å²) in [5.74, 6) is 0. The van der Waals surface area contributed by atoms with Crippen molar-refractivity contribution in [3.05, 3.63) is 35.4 Å². The third-order valence-corrected chi connectivity index (χ3v) is 3.00. The minimum absolute atomic E-state index is 0.534. The molecule has 0 bridgehead atoms. The smallest absolute Gasteiger partial charge is 0.0322 e. The molecule has 0 amide bonds. The largest absolute Gasteiger partial charge is 0.297 e. The second-order valence-corrected chi connectivity index (χ2v) is 3.75. The molecular formula is C13H21N. The van der Waals surface area contributed by atoms with Gasteiger partial charge in [0.25, 0.3) is 0 Å². The van der Waals surface area contributed by atoms with Crippen LogP contribution >= 0.6 is 0 Å². The van der Waals surface area contributed by atoms with Crippen molar-refractivity contribution >= 4 is 0 Å². The average Bonchev–Trinajstić information content (AvgIpc) is 2.20. The van der Waals surface area contributed by atoms with Crippen LogP contribution < -0.4 is 0 Å². The van der Waals surface area contributed by atoms with Gasteiger partial charge in [0.1, 0.15) is 0 Å². The zero-order valence-electron chi connectivity index (χ0n) is 9.75. The van der Waals surface area contributed by atoms with Crippen LogP contribution in [0.2, 0.25) is 0 Å². The standard InChI is InChI=1S/C13H21N/c1-5-14(6-2)12(4)13-10-8-7-9-11(13)3/h7-10,12H,5-6H2,1-4H3. The van der Waals surface area contributed by atoms with E-state index in [-0.39, 0.29) is 0 Å². The van der Waals surface area contributed by atoms with E-state index >= 15 is 0 Å². The lowest BCUT2D eigenvalue weighted by atomic mass is 10.0. The Morgan fingerprint density at radius 1 is 1.14 bits per heavy atom. The summed E-state index contributed by atoms with van der Waals surface area (Å²) in [5.41, 5.74) is 2.85. The maximum absolute atomic E-state index is 2.47. The molecule has 1 unspecified atom stereocenters. The molecule has 14 heavy (non-hydrogen) atoms. The fraction of sp³-hybridized carbons (Fsp3) is 0.538. The second-order valence-electron chi connectivity index (χ2n) is 3.75. The summed E-state index contributed by atoms with van der Waals surface area (Å²) in [6.07, 6.45) is 0. The Hall–Kier alpha value is -0.820. The van der Waals surface area contributed by atoms with Gasteiger partial charge in [0, 0.05) is 6.04 Å². The maximum atomic E-state index is 2.47. The van der Waals surface area contributed by atoms with Gasteiger partial charge in [-0.05, 0) is 38.1 Å². The first-order chi connectivity index (χ1) is 6.70. The van der Waals surface area contributed by atoms with Crippen molar-refractivity contribution in [1.29, 1.82) is 0 Å². The molecular weight excluding hydrogens is 170 g/mol. The molecule has 1 aromatic carbocycles. The monoisotopic (exact) mass is 191 g/mol. The van der Waals surface area contributed by atoms with E-state index in [9.17, 15) is 0 Å². The van der Waals surface area contributed by atoms with Crippen LogP contribution in [-0.2, 0) is 0 Å². The Morgan fingerprint density at radius 2 is 1.71 bits per heavy atom. The summed E-state index contributed by atoms with van der Waals surface area (Å²) in [4.78, 5) is 2.47. The van der Waals surface area contributed by atoms with E-state index in [1.165, 1.54) is 11.1 Å². The molecule has 0 saturated carbocycles. The first-order valence-electron chi connectivity index (χ1n) is 5.50. The third kappa shape index (κ3) is 2.36. The predicted octanol–water partition coefficient (Wildman–Crippen LogP) is 3.40. The molecule has 0 aliphatic heterocycles. The Kier molecular flexibility index (Phi) is 4.15. The highest BCUT2D eigenvalue weighted by Gasteiger charge is 2.13. The van der Waals surface area contributed by atoms with E-state index in [0.29, 0.717) is 6.04 Å². The van der Waals surface area contributed by atoms with Crippen molar-refractivity contribution in [3.8, 4) is 0 Å². The van der Waals surface area contributed by atoms with Gasteiger partial charge >= 0.3 is 0 Å². The quantitative estimate of drug-likeness (QED) is 0.705. The van der Waals surface area contributed by atoms with Crippen LogP contribution in [0.1, 0.15) is 37.9 Å². The van der Waals surface area contributed by atoms with E-state index in [2.05, 4.69) is 56.9 Å². The second kappa shape index (κ2) is 5.16. The number of benzene rings is 1. The van der Waals surface area contributed by atoms with Crippen molar-refractivity contribution in [2.75, 3.05) is 13.1 Å². The predicted molar refractivity (Wildman–Crippen MR) is 62.5 cm³/mol. The Morgan fingerprint density at radius 3 is 2.21 bits per heavy atom. The average molecular weight is 191 g/mol. The van der Waals surface area contributed by atoms with Crippen LogP contribution in [-0.4, -0.2) is 18.0 Å². The summed E-state index contributed by atoms with van der Waals surface area (Å²) in [7, 11) is 0. The zero-order valence-corrected chi connectivity index (χ0v) is 9.75. The number of nitrogens with zero attached hydrogens (tertiary/aromatic N) is 1. The molecule has 1 atom stereocenters. The Bertz CT molecular complexity index is 276. The minimum Gasteiger partial charge on any atom is -0.297 e. The molecule has 0 aliphatic rings. The summed E-state index contributed by atoms with van der Waals surface area (Å²) in [6.45, 7) is 11.2. The van der Waals surface area contributed by atoms with E-state index < -0.39 is 0 Å². The number of hydrogen-bond acceptors (Lipinski definition) is 1. The lowest BCUT2D eigenvalue weighted by Gasteiger charge is -2.27. The molecule has 1 heteroatoms. The third-order valence-electron chi connectivity index (χ3n) is 3.00. The number of rotatable bonds is 4. The van der Waals surface area contributed by atoms with Crippen molar-refractivity contribution < 1.29 is 0 Å². The van der Waals surface area contributed by atoms with Gasteiger partial charge in [0.15, 0.2) is 0 Å². The lowest BCUT2D eigenvalue weighted by molar-refractivity contribution is 0.234. The molecule has 0 fully saturated rings. The van der Waals surface area contributed by atoms with Gasteiger partial charge in [-0.15, -0.1) is 0 Å². The summed E-state index contributed by atoms with van der Waals surface area (Å²) < 4.78 is 0. The van der Waals surface area contributed by atoms with Gasteiger partial charge in [-0.3, -0.25) is 4.90 Å². The first kappa shape index (κ1) is 11.3. The molecule has 1 nitrogen and oxygen atoms in total. The van der Waals surface area contributed by atoms with E-state index in [0.717, 1.165) is 13.1 Å². The molecule has 0 aromatic heterocycles. The highest BCUT2D eigenvalue weighted by atomic mass is 15.1. The molecule has 0 radical (unpaired) electrons. The van der Waals surface area contributed by atoms with Crippen LogP contribution in [0.4, 0.5) is 0 Å². The Labute approximate surface area is 87.7 Å². The number of hydrogen-bond donors (Lipinski definition) is 0. The normalized spacial score (nSPS) is 13.2. The van der Waals surface area contributed by atoms with E-state index in [1.54, 1.807) is 0 Å². The van der Waals surface area contributed by atoms with Crippen LogP contribution in [0.15, 0.2) is 24.3 Å². The van der Waals surface area contributed by atoms with E-state index in [1.807, 2.05) is 0 Å². The van der Waals surface area contributed by atoms with Gasteiger partial charge < -0.3 is 0 Å². The van der Waals surface area contributed by atoms with Crippen LogP contribution in [0.5, 0.6) is 0 Å². The van der Waals surface area contributed by atoms with Crippen molar-refractivity contribution in [2.45, 2.75) is 33.7 Å². The minimum atomic E-state index is 0.534. The summed E-state index contributed by atoms with van der Waals surface area (Å²) in [5, 5.41) is 0. The molecule has 0 N–H and O–H groups in total. The molecule has 0 heterocycles. The molecule has 78 valence electrons. The Balaban J connectivity index is 2.88. The van der Waals surface area contributed by atoms with Crippen LogP contribution in [0.3, 0.4) is 0 Å². The fourth-order valence-corrected chi connectivity index (χ4v) is 2.02. The summed E-state index contributed by atoms with van der Waals surface area (Å²) in [6, 6.07) is 9.19. The number of aryl methyl sites for hydroxylation is 1. The first-order valence-corrected chi connectivity index (χ1v) is 5.50. The van der Waals surface area contributed by atoms with Gasteiger partial charge in [0.05, 0.1) is 0 Å². The zero-order chi connectivity index (χ0) is 10.6. The highest BCUT2D eigenvalue weighted by Crippen LogP contribution is 2.22. The topological polar surface area (TPSA) is 3.24 Å². The molecule has 1 rings (SSSR count). The van der Waals surface area contributed by atoms with Gasteiger partial charge in [-0.2, -0.15) is 0 Å². The fourth-order valence-electron chi connectivity index (χ4n) is 2.02. The van der Waals surface area contributed by atoms with Crippen LogP contribution in [0.25, 0.3) is 0 Å². The van der Waals surface area contributed by atoms with Crippen molar-refractivity contribution in [1.82, 2.24) is 4.90 Å². The maximum Gasteiger partial charge on any atom is 0.0322 e. The summed E-state index contributed by atoms with van der Waals surface area (Å²) >= 11 is 0.